The zero-order chi connectivity index (χ0) is 16.7. The van der Waals surface area contributed by atoms with E-state index in [4.69, 9.17) is 14.2 Å². The summed E-state index contributed by atoms with van der Waals surface area (Å²) in [7, 11) is 2.93. The number of benzene rings is 2. The molecule has 0 unspecified atom stereocenters. The van der Waals surface area contributed by atoms with Gasteiger partial charge in [0, 0.05) is 0 Å². The summed E-state index contributed by atoms with van der Waals surface area (Å²) < 4.78 is 16.7. The van der Waals surface area contributed by atoms with Gasteiger partial charge in [0.15, 0.2) is 0 Å². The SMILES string of the molecule is COCOc1cc(C)cc(C[Se]c2ccccc2)c1C(=O)OC. The summed E-state index contributed by atoms with van der Waals surface area (Å²) in [4.78, 5) is 12.2. The van der Waals surface area contributed by atoms with Crippen LogP contribution in [0.3, 0.4) is 0 Å². The first kappa shape index (κ1) is 17.5. The summed E-state index contributed by atoms with van der Waals surface area (Å²) in [5, 5.41) is 0.798. The molecule has 0 saturated heterocycles. The van der Waals surface area contributed by atoms with E-state index < -0.39 is 0 Å². The maximum absolute atomic E-state index is 12.2. The molecule has 5 heteroatoms. The molecule has 2 aromatic rings. The third-order valence-corrected chi connectivity index (χ3v) is 5.41. The molecular formula is C18H20O4Se. The van der Waals surface area contributed by atoms with Gasteiger partial charge in [0.1, 0.15) is 0 Å². The summed E-state index contributed by atoms with van der Waals surface area (Å²) >= 11 is 0.232. The van der Waals surface area contributed by atoms with Gasteiger partial charge in [-0.05, 0) is 0 Å². The second-order valence-electron chi connectivity index (χ2n) is 4.94. The van der Waals surface area contributed by atoms with Crippen LogP contribution in [0.4, 0.5) is 0 Å². The monoisotopic (exact) mass is 380 g/mol. The molecule has 2 aromatic carbocycles. The molecule has 0 saturated carbocycles. The first-order valence-corrected chi connectivity index (χ1v) is 9.24. The number of hydrogen-bond donors (Lipinski definition) is 0. The molecule has 0 aliphatic carbocycles. The van der Waals surface area contributed by atoms with Crippen molar-refractivity contribution >= 4 is 25.4 Å². The Morgan fingerprint density at radius 3 is 2.52 bits per heavy atom. The fraction of sp³-hybridized carbons (Fsp3) is 0.278. The Morgan fingerprint density at radius 1 is 1.13 bits per heavy atom. The molecule has 0 fully saturated rings. The second-order valence-corrected chi connectivity index (χ2v) is 7.14. The predicted octanol–water partition coefficient (Wildman–Crippen LogP) is 2.29. The fourth-order valence-electron chi connectivity index (χ4n) is 2.19. The van der Waals surface area contributed by atoms with E-state index >= 15 is 0 Å². The normalized spacial score (nSPS) is 10.4. The van der Waals surface area contributed by atoms with Gasteiger partial charge in [-0.1, -0.05) is 0 Å². The van der Waals surface area contributed by atoms with Crippen LogP contribution in [-0.4, -0.2) is 41.9 Å². The van der Waals surface area contributed by atoms with Gasteiger partial charge in [-0.25, -0.2) is 0 Å². The molecule has 0 bridgehead atoms. The summed E-state index contributed by atoms with van der Waals surface area (Å²) in [5.41, 5.74) is 2.49. The van der Waals surface area contributed by atoms with Crippen LogP contribution in [0.5, 0.6) is 5.75 Å². The van der Waals surface area contributed by atoms with Crippen LogP contribution >= 0.6 is 0 Å². The molecule has 4 nitrogen and oxygen atoms in total. The van der Waals surface area contributed by atoms with E-state index in [-0.39, 0.29) is 27.7 Å². The van der Waals surface area contributed by atoms with Crippen molar-refractivity contribution in [3.8, 4) is 5.75 Å². The molecule has 0 aliphatic heterocycles. The fourth-order valence-corrected chi connectivity index (χ4v) is 4.07. The molecule has 0 heterocycles. The molecule has 0 aliphatic rings. The predicted molar refractivity (Wildman–Crippen MR) is 90.6 cm³/mol. The summed E-state index contributed by atoms with van der Waals surface area (Å²) in [5.74, 6) is 0.132. The average Bonchev–Trinajstić information content (AvgIpc) is 2.58. The molecule has 0 amide bonds. The van der Waals surface area contributed by atoms with Crippen LogP contribution in [-0.2, 0) is 14.8 Å². The molecule has 0 atom stereocenters. The van der Waals surface area contributed by atoms with E-state index in [9.17, 15) is 4.79 Å². The van der Waals surface area contributed by atoms with Crippen LogP contribution in [0.1, 0.15) is 21.5 Å². The first-order chi connectivity index (χ1) is 11.2. The average molecular weight is 379 g/mol. The van der Waals surface area contributed by atoms with E-state index in [1.165, 1.54) is 11.6 Å². The van der Waals surface area contributed by atoms with Crippen molar-refractivity contribution in [1.29, 1.82) is 0 Å². The molecule has 23 heavy (non-hydrogen) atoms. The van der Waals surface area contributed by atoms with Gasteiger partial charge in [0.2, 0.25) is 0 Å². The Bertz CT molecular complexity index is 656. The van der Waals surface area contributed by atoms with Crippen molar-refractivity contribution in [2.75, 3.05) is 21.0 Å². The standard InChI is InChI=1S/C18H20O4Se/c1-13-9-14(11-23-15-7-5-4-6-8-15)17(18(19)21-3)16(10-13)22-12-20-2/h4-10H,11-12H2,1-3H3. The van der Waals surface area contributed by atoms with E-state index in [0.29, 0.717) is 11.3 Å². The number of ether oxygens (including phenoxy) is 3. The zero-order valence-electron chi connectivity index (χ0n) is 13.5. The molecule has 0 radical (unpaired) electrons. The van der Waals surface area contributed by atoms with Crippen molar-refractivity contribution in [3.63, 3.8) is 0 Å². The summed E-state index contributed by atoms with van der Waals surface area (Å²) in [6.07, 6.45) is 0. The Balaban J connectivity index is 2.31. The molecular weight excluding hydrogens is 359 g/mol. The van der Waals surface area contributed by atoms with Crippen LogP contribution in [0.2, 0.25) is 0 Å². The molecule has 122 valence electrons. The Labute approximate surface area is 142 Å². The van der Waals surface area contributed by atoms with E-state index in [0.717, 1.165) is 16.4 Å². The van der Waals surface area contributed by atoms with Gasteiger partial charge < -0.3 is 0 Å². The number of aryl methyl sites for hydroxylation is 1. The van der Waals surface area contributed by atoms with E-state index in [2.05, 4.69) is 12.1 Å². The van der Waals surface area contributed by atoms with Gasteiger partial charge in [-0.15, -0.1) is 0 Å². The number of esters is 1. The van der Waals surface area contributed by atoms with Gasteiger partial charge in [-0.2, -0.15) is 0 Å². The minimum absolute atomic E-state index is 0.0940. The molecule has 0 N–H and O–H groups in total. The van der Waals surface area contributed by atoms with Crippen LogP contribution in [0, 0.1) is 6.92 Å². The number of hydrogen-bond acceptors (Lipinski definition) is 4. The minimum atomic E-state index is -0.380. The van der Waals surface area contributed by atoms with Crippen LogP contribution < -0.4 is 9.20 Å². The van der Waals surface area contributed by atoms with Crippen molar-refractivity contribution in [2.45, 2.75) is 12.2 Å². The maximum atomic E-state index is 12.2. The van der Waals surface area contributed by atoms with Gasteiger partial charge in [-0.3, -0.25) is 0 Å². The summed E-state index contributed by atoms with van der Waals surface area (Å²) in [6, 6.07) is 14.1. The van der Waals surface area contributed by atoms with Crippen molar-refractivity contribution in [1.82, 2.24) is 0 Å². The van der Waals surface area contributed by atoms with Gasteiger partial charge in [0.05, 0.1) is 0 Å². The number of carbonyl (C=O) groups excluding carboxylic acids is 1. The van der Waals surface area contributed by atoms with Gasteiger partial charge >= 0.3 is 143 Å². The molecule has 0 spiro atoms. The second kappa shape index (κ2) is 8.73. The third-order valence-electron chi connectivity index (χ3n) is 3.19. The molecule has 0 aromatic heterocycles. The molecule has 2 rings (SSSR count). The number of methoxy groups -OCH3 is 2. The Hall–Kier alpha value is -1.81. The van der Waals surface area contributed by atoms with E-state index in [1.807, 2.05) is 37.3 Å². The van der Waals surface area contributed by atoms with E-state index in [1.54, 1.807) is 7.11 Å². The quantitative estimate of drug-likeness (QED) is 0.421. The van der Waals surface area contributed by atoms with Crippen molar-refractivity contribution in [2.24, 2.45) is 0 Å². The number of carbonyl (C=O) groups is 1. The third kappa shape index (κ3) is 4.83. The first-order valence-electron chi connectivity index (χ1n) is 7.17. The Kier molecular flexibility index (Phi) is 6.65. The van der Waals surface area contributed by atoms with Crippen molar-refractivity contribution < 1.29 is 19.0 Å². The zero-order valence-corrected chi connectivity index (χ0v) is 15.2. The van der Waals surface area contributed by atoms with Crippen LogP contribution in [0.15, 0.2) is 42.5 Å². The number of rotatable bonds is 7. The summed E-state index contributed by atoms with van der Waals surface area (Å²) in [6.45, 7) is 2.08. The van der Waals surface area contributed by atoms with Crippen molar-refractivity contribution in [3.05, 3.63) is 59.2 Å². The van der Waals surface area contributed by atoms with Crippen LogP contribution in [0.25, 0.3) is 0 Å². The van der Waals surface area contributed by atoms with Gasteiger partial charge in [0.25, 0.3) is 0 Å². The topological polar surface area (TPSA) is 44.8 Å². The Morgan fingerprint density at radius 2 is 1.87 bits per heavy atom.